The third kappa shape index (κ3) is 4.54. The van der Waals surface area contributed by atoms with Gasteiger partial charge in [0.1, 0.15) is 5.70 Å². The molecule has 0 radical (unpaired) electrons. The van der Waals surface area contributed by atoms with Crippen molar-refractivity contribution in [1.29, 1.82) is 0 Å². The van der Waals surface area contributed by atoms with Crippen molar-refractivity contribution in [2.75, 3.05) is 10.2 Å². The van der Waals surface area contributed by atoms with Crippen molar-refractivity contribution < 1.29 is 9.59 Å². The first-order valence-electron chi connectivity index (χ1n) is 11.9. The van der Waals surface area contributed by atoms with E-state index in [4.69, 9.17) is 0 Å². The maximum Gasteiger partial charge on any atom is 0.282 e. The van der Waals surface area contributed by atoms with Crippen LogP contribution in [0.25, 0.3) is 5.57 Å². The number of nitrogens with one attached hydrogen (secondary N) is 1. The molecule has 0 unspecified atom stereocenters. The number of hydrogen-bond acceptors (Lipinski definition) is 3. The number of benzene rings is 3. The molecule has 3 aromatic carbocycles. The number of aryl methyl sites for hydroxylation is 5. The second kappa shape index (κ2) is 9.68. The molecule has 0 spiro atoms. The van der Waals surface area contributed by atoms with Crippen LogP contribution in [-0.2, 0) is 16.0 Å². The van der Waals surface area contributed by atoms with Gasteiger partial charge in [-0.1, -0.05) is 66.9 Å². The molecule has 0 aliphatic carbocycles. The van der Waals surface area contributed by atoms with E-state index in [2.05, 4.69) is 18.3 Å². The standard InChI is InChI=1S/C30H32N2O2/c1-6-7-8-23-11-13-24(14-12-23)32-29(33)27(25-15-9-19(2)17-21(25)4)28(30(32)34)31-26-16-10-20(3)18-22(26)5/h9-18,31H,6-8H2,1-5H3. The summed E-state index contributed by atoms with van der Waals surface area (Å²) in [6.45, 7) is 10.2. The molecule has 34 heavy (non-hydrogen) atoms. The largest absolute Gasteiger partial charge is 0.350 e. The summed E-state index contributed by atoms with van der Waals surface area (Å²) >= 11 is 0. The molecule has 1 aliphatic heterocycles. The van der Waals surface area contributed by atoms with Crippen molar-refractivity contribution in [1.82, 2.24) is 0 Å². The van der Waals surface area contributed by atoms with E-state index in [9.17, 15) is 9.59 Å². The molecule has 3 aromatic rings. The molecule has 0 fully saturated rings. The number of hydrogen-bond donors (Lipinski definition) is 1. The first kappa shape index (κ1) is 23.5. The van der Waals surface area contributed by atoms with Gasteiger partial charge < -0.3 is 5.32 Å². The summed E-state index contributed by atoms with van der Waals surface area (Å²) in [4.78, 5) is 28.8. The second-order valence-electron chi connectivity index (χ2n) is 9.23. The molecule has 4 rings (SSSR count). The Kier molecular flexibility index (Phi) is 6.69. The smallest absolute Gasteiger partial charge is 0.282 e. The quantitative estimate of drug-likeness (QED) is 0.408. The highest BCUT2D eigenvalue weighted by molar-refractivity contribution is 6.46. The highest BCUT2D eigenvalue weighted by Crippen LogP contribution is 2.36. The predicted molar refractivity (Wildman–Crippen MR) is 140 cm³/mol. The summed E-state index contributed by atoms with van der Waals surface area (Å²) in [5.74, 6) is -0.633. The van der Waals surface area contributed by atoms with Gasteiger partial charge in [-0.3, -0.25) is 9.59 Å². The van der Waals surface area contributed by atoms with Crippen LogP contribution in [0.3, 0.4) is 0 Å². The summed E-state index contributed by atoms with van der Waals surface area (Å²) < 4.78 is 0. The van der Waals surface area contributed by atoms with Gasteiger partial charge in [0, 0.05) is 5.69 Å². The fraction of sp³-hybridized carbons (Fsp3) is 0.267. The van der Waals surface area contributed by atoms with Gasteiger partial charge >= 0.3 is 0 Å². The maximum atomic E-state index is 13.8. The molecular formula is C30H32N2O2. The SMILES string of the molecule is CCCCc1ccc(N2C(=O)C(Nc3ccc(C)cc3C)=C(c3ccc(C)cc3C)C2=O)cc1. The fourth-order valence-corrected chi connectivity index (χ4v) is 4.51. The minimum atomic E-state index is -0.332. The number of amides is 2. The first-order valence-corrected chi connectivity index (χ1v) is 11.9. The Balaban J connectivity index is 1.78. The van der Waals surface area contributed by atoms with Crippen LogP contribution in [-0.4, -0.2) is 11.8 Å². The third-order valence-electron chi connectivity index (χ3n) is 6.39. The molecule has 0 bridgehead atoms. The lowest BCUT2D eigenvalue weighted by Crippen LogP contribution is -2.32. The monoisotopic (exact) mass is 452 g/mol. The number of unbranched alkanes of at least 4 members (excludes halogenated alkanes) is 1. The van der Waals surface area contributed by atoms with Crippen LogP contribution in [0.15, 0.2) is 66.4 Å². The Labute approximate surface area is 202 Å². The molecule has 0 saturated carbocycles. The summed E-state index contributed by atoms with van der Waals surface area (Å²) in [5.41, 5.74) is 8.37. The van der Waals surface area contributed by atoms with Gasteiger partial charge in [-0.25, -0.2) is 4.90 Å². The van der Waals surface area contributed by atoms with Gasteiger partial charge in [0.2, 0.25) is 0 Å². The van der Waals surface area contributed by atoms with Gasteiger partial charge in [-0.05, 0) is 81.0 Å². The fourth-order valence-electron chi connectivity index (χ4n) is 4.51. The van der Waals surface area contributed by atoms with E-state index in [-0.39, 0.29) is 11.8 Å². The molecule has 0 aromatic heterocycles. The Hall–Kier alpha value is -3.66. The van der Waals surface area contributed by atoms with Crippen molar-refractivity contribution in [3.8, 4) is 0 Å². The van der Waals surface area contributed by atoms with Gasteiger partial charge in [-0.2, -0.15) is 0 Å². The number of imide groups is 1. The van der Waals surface area contributed by atoms with E-state index in [1.807, 2.05) is 82.3 Å². The van der Waals surface area contributed by atoms with Gasteiger partial charge in [0.15, 0.2) is 0 Å². The van der Waals surface area contributed by atoms with Crippen LogP contribution in [0, 0.1) is 27.7 Å². The van der Waals surface area contributed by atoms with E-state index in [1.165, 1.54) is 10.5 Å². The van der Waals surface area contributed by atoms with Crippen LogP contribution in [0.2, 0.25) is 0 Å². The van der Waals surface area contributed by atoms with Crippen LogP contribution in [0.1, 0.15) is 53.1 Å². The molecule has 0 saturated heterocycles. The van der Waals surface area contributed by atoms with Crippen molar-refractivity contribution in [3.63, 3.8) is 0 Å². The molecule has 0 atom stereocenters. The number of nitrogens with zero attached hydrogens (tertiary/aromatic N) is 1. The van der Waals surface area contributed by atoms with Gasteiger partial charge in [-0.15, -0.1) is 0 Å². The predicted octanol–water partition coefficient (Wildman–Crippen LogP) is 6.66. The van der Waals surface area contributed by atoms with E-state index in [1.54, 1.807) is 0 Å². The molecule has 1 heterocycles. The molecule has 2 amide bonds. The van der Waals surface area contributed by atoms with Gasteiger partial charge in [0.05, 0.1) is 11.3 Å². The third-order valence-corrected chi connectivity index (χ3v) is 6.39. The zero-order chi connectivity index (χ0) is 24.4. The lowest BCUT2D eigenvalue weighted by atomic mass is 9.97. The highest BCUT2D eigenvalue weighted by atomic mass is 16.2. The highest BCUT2D eigenvalue weighted by Gasteiger charge is 2.40. The van der Waals surface area contributed by atoms with E-state index < -0.39 is 0 Å². The van der Waals surface area contributed by atoms with E-state index in [0.29, 0.717) is 17.0 Å². The van der Waals surface area contributed by atoms with Crippen molar-refractivity contribution >= 4 is 28.8 Å². The first-order chi connectivity index (χ1) is 16.3. The molecule has 1 aliphatic rings. The van der Waals surface area contributed by atoms with Crippen LogP contribution in [0.4, 0.5) is 11.4 Å². The number of rotatable bonds is 7. The molecule has 1 N–H and O–H groups in total. The topological polar surface area (TPSA) is 49.4 Å². The van der Waals surface area contributed by atoms with Crippen molar-refractivity contribution in [2.45, 2.75) is 53.9 Å². The second-order valence-corrected chi connectivity index (χ2v) is 9.23. The Morgan fingerprint density at radius 3 is 2.03 bits per heavy atom. The Bertz CT molecular complexity index is 1290. The minimum Gasteiger partial charge on any atom is -0.350 e. The van der Waals surface area contributed by atoms with E-state index in [0.717, 1.165) is 52.8 Å². The van der Waals surface area contributed by atoms with Crippen LogP contribution < -0.4 is 10.2 Å². The zero-order valence-electron chi connectivity index (χ0n) is 20.7. The summed E-state index contributed by atoms with van der Waals surface area (Å²) in [6, 6.07) is 19.8. The maximum absolute atomic E-state index is 13.8. The normalized spacial score (nSPS) is 13.7. The number of carbonyl (C=O) groups excluding carboxylic acids is 2. The lowest BCUT2D eigenvalue weighted by Gasteiger charge is -2.16. The Morgan fingerprint density at radius 2 is 1.41 bits per heavy atom. The van der Waals surface area contributed by atoms with Crippen molar-refractivity contribution in [2.24, 2.45) is 0 Å². The molecule has 4 heteroatoms. The van der Waals surface area contributed by atoms with Crippen LogP contribution >= 0.6 is 0 Å². The molecular weight excluding hydrogens is 420 g/mol. The zero-order valence-corrected chi connectivity index (χ0v) is 20.7. The molecule has 174 valence electrons. The Morgan fingerprint density at radius 1 is 0.765 bits per heavy atom. The number of carbonyl (C=O) groups is 2. The van der Waals surface area contributed by atoms with Crippen LogP contribution in [0.5, 0.6) is 0 Å². The van der Waals surface area contributed by atoms with Gasteiger partial charge in [0.25, 0.3) is 11.8 Å². The lowest BCUT2D eigenvalue weighted by molar-refractivity contribution is -0.120. The average Bonchev–Trinajstić information content (AvgIpc) is 3.04. The number of anilines is 2. The van der Waals surface area contributed by atoms with Crippen molar-refractivity contribution in [3.05, 3.63) is 99.7 Å². The summed E-state index contributed by atoms with van der Waals surface area (Å²) in [6.07, 6.45) is 3.23. The molecule has 4 nitrogen and oxygen atoms in total. The van der Waals surface area contributed by atoms with E-state index >= 15 is 0 Å². The minimum absolute atomic E-state index is 0.300. The average molecular weight is 453 g/mol. The summed E-state index contributed by atoms with van der Waals surface area (Å²) in [5, 5.41) is 3.31. The summed E-state index contributed by atoms with van der Waals surface area (Å²) in [7, 11) is 0.